The van der Waals surface area contributed by atoms with Gasteiger partial charge in [-0.05, 0) is 30.4 Å². The summed E-state index contributed by atoms with van der Waals surface area (Å²) in [6.45, 7) is -0.889. The Bertz CT molecular complexity index is 1210. The van der Waals surface area contributed by atoms with Gasteiger partial charge >= 0.3 is 6.36 Å². The maximum absolute atomic E-state index is 13.6. The van der Waals surface area contributed by atoms with Gasteiger partial charge in [0.1, 0.15) is 12.6 Å². The van der Waals surface area contributed by atoms with Gasteiger partial charge in [0.2, 0.25) is 11.8 Å². The largest absolute Gasteiger partial charge is 0.522 e. The van der Waals surface area contributed by atoms with Crippen molar-refractivity contribution in [2.75, 3.05) is 19.7 Å². The van der Waals surface area contributed by atoms with E-state index in [9.17, 15) is 37.5 Å². The van der Waals surface area contributed by atoms with Crippen molar-refractivity contribution in [1.29, 1.82) is 0 Å². The minimum atomic E-state index is -5.06. The first-order chi connectivity index (χ1) is 19.0. The number of benzene rings is 2. The molecule has 3 N–H and O–H groups in total. The number of hydrogen-bond acceptors (Lipinski definition) is 6. The maximum atomic E-state index is 13.6. The lowest BCUT2D eigenvalue weighted by Crippen LogP contribution is -2.53. The second-order valence-electron chi connectivity index (χ2n) is 9.94. The number of ether oxygens (including phenoxy) is 1. The van der Waals surface area contributed by atoms with E-state index in [0.29, 0.717) is 18.5 Å². The highest BCUT2D eigenvalue weighted by Gasteiger charge is 2.43. The molecule has 0 aliphatic carbocycles. The Morgan fingerprint density at radius 2 is 1.73 bits per heavy atom. The summed E-state index contributed by atoms with van der Waals surface area (Å²) in [7, 11) is 0. The number of Topliss-reactive ketones (excluding diaryl/α,β-unsaturated/α-hetero) is 1. The lowest BCUT2D eigenvalue weighted by Gasteiger charge is -2.28. The first-order valence-corrected chi connectivity index (χ1v) is 12.9. The number of nitrogens with zero attached hydrogens (tertiary/aromatic N) is 1. The Morgan fingerprint density at radius 1 is 1.07 bits per heavy atom. The molecule has 2 aromatic carbocycles. The molecular weight excluding hydrogens is 531 g/mol. The average molecular weight is 562 g/mol. The number of likely N-dealkylation sites (tertiary alicyclic amines) is 1. The van der Waals surface area contributed by atoms with E-state index in [4.69, 9.17) is 0 Å². The van der Waals surface area contributed by atoms with Crippen LogP contribution < -0.4 is 10.6 Å². The fourth-order valence-electron chi connectivity index (χ4n) is 5.18. The molecule has 0 spiro atoms. The molecule has 0 radical (unpaired) electrons. The van der Waals surface area contributed by atoms with Crippen LogP contribution in [0.1, 0.15) is 42.4 Å². The molecule has 2 aromatic rings. The van der Waals surface area contributed by atoms with Gasteiger partial charge in [-0.1, -0.05) is 60.7 Å². The van der Waals surface area contributed by atoms with Gasteiger partial charge in [-0.25, -0.2) is 0 Å². The van der Waals surface area contributed by atoms with Crippen molar-refractivity contribution in [1.82, 2.24) is 15.5 Å². The molecule has 2 saturated heterocycles. The third kappa shape index (κ3) is 7.24. The Kier molecular flexibility index (Phi) is 9.21. The molecule has 0 aromatic heterocycles. The molecule has 2 heterocycles. The van der Waals surface area contributed by atoms with Crippen LogP contribution in [0.2, 0.25) is 0 Å². The van der Waals surface area contributed by atoms with Crippen LogP contribution in [0.4, 0.5) is 13.2 Å². The molecule has 40 heavy (non-hydrogen) atoms. The van der Waals surface area contributed by atoms with Crippen molar-refractivity contribution in [3.05, 3.63) is 71.8 Å². The van der Waals surface area contributed by atoms with E-state index in [1.807, 2.05) is 30.3 Å². The average Bonchev–Trinajstić information content (AvgIpc) is 3.57. The number of aliphatic hydroxyl groups is 1. The zero-order valence-electron chi connectivity index (χ0n) is 21.5. The number of halogens is 3. The molecular formula is C28H30F3N3O6. The maximum Gasteiger partial charge on any atom is 0.522 e. The Morgan fingerprint density at radius 3 is 2.33 bits per heavy atom. The third-order valence-electron chi connectivity index (χ3n) is 7.27. The SMILES string of the molecule is O=C1NCC[C@H]1C[C@H](NC(=O)[C@@H]1C[C@@H](c2ccccc2)CN1C(=O)[C@H](O)c1ccccc1)C(=O)COC(F)(F)F. The first-order valence-electron chi connectivity index (χ1n) is 12.9. The van der Waals surface area contributed by atoms with Crippen molar-refractivity contribution in [2.24, 2.45) is 5.92 Å². The number of alkyl halides is 3. The van der Waals surface area contributed by atoms with E-state index < -0.39 is 54.7 Å². The standard InChI is InChI=1S/C28H30F3N3O6/c29-28(30,31)40-16-23(35)21(13-19-11-12-32-25(19)37)33-26(38)22-14-20(17-7-3-1-4-8-17)15-34(22)27(39)24(36)18-9-5-2-6-10-18/h1-10,19-22,24,36H,11-16H2,(H,32,37)(H,33,38)/t19-,20+,21-,22-,24+/m0/s1. The molecule has 2 aliphatic heterocycles. The van der Waals surface area contributed by atoms with Crippen LogP contribution >= 0.6 is 0 Å². The Labute approximate surface area is 228 Å². The molecule has 2 fully saturated rings. The van der Waals surface area contributed by atoms with Gasteiger partial charge in [0, 0.05) is 24.9 Å². The number of ketones is 1. The zero-order valence-corrected chi connectivity index (χ0v) is 21.5. The van der Waals surface area contributed by atoms with Crippen molar-refractivity contribution >= 4 is 23.5 Å². The van der Waals surface area contributed by atoms with E-state index in [0.717, 1.165) is 5.56 Å². The third-order valence-corrected chi connectivity index (χ3v) is 7.27. The van der Waals surface area contributed by atoms with Crippen LogP contribution in [0.15, 0.2) is 60.7 Å². The number of carbonyl (C=O) groups is 4. The molecule has 0 bridgehead atoms. The monoisotopic (exact) mass is 561 g/mol. The van der Waals surface area contributed by atoms with E-state index in [-0.39, 0.29) is 31.2 Å². The fourth-order valence-corrected chi connectivity index (χ4v) is 5.18. The number of hydrogen-bond donors (Lipinski definition) is 3. The van der Waals surface area contributed by atoms with Crippen LogP contribution in [0.3, 0.4) is 0 Å². The molecule has 0 saturated carbocycles. The first kappa shape index (κ1) is 29.2. The normalized spacial score (nSPS) is 22.4. The lowest BCUT2D eigenvalue weighted by molar-refractivity contribution is -0.321. The number of amides is 3. The highest BCUT2D eigenvalue weighted by molar-refractivity contribution is 5.95. The highest BCUT2D eigenvalue weighted by Crippen LogP contribution is 2.34. The highest BCUT2D eigenvalue weighted by atomic mass is 19.4. The summed E-state index contributed by atoms with van der Waals surface area (Å²) < 4.78 is 41.5. The molecule has 3 amide bonds. The summed E-state index contributed by atoms with van der Waals surface area (Å²) in [4.78, 5) is 53.1. The predicted octanol–water partition coefficient (Wildman–Crippen LogP) is 2.22. The lowest BCUT2D eigenvalue weighted by atomic mass is 9.94. The van der Waals surface area contributed by atoms with Crippen LogP contribution in [0.25, 0.3) is 0 Å². The number of rotatable bonds is 10. The predicted molar refractivity (Wildman–Crippen MR) is 135 cm³/mol. The summed E-state index contributed by atoms with van der Waals surface area (Å²) in [5.74, 6) is -3.86. The quantitative estimate of drug-likeness (QED) is 0.409. The fraction of sp³-hybridized carbons (Fsp3) is 0.429. The Balaban J connectivity index is 1.56. The summed E-state index contributed by atoms with van der Waals surface area (Å²) in [6, 6.07) is 14.8. The number of carbonyl (C=O) groups excluding carboxylic acids is 4. The second-order valence-corrected chi connectivity index (χ2v) is 9.94. The molecule has 214 valence electrons. The Hall–Kier alpha value is -3.77. The van der Waals surface area contributed by atoms with Crippen molar-refractivity contribution in [3.63, 3.8) is 0 Å². The van der Waals surface area contributed by atoms with E-state index >= 15 is 0 Å². The number of aliphatic hydroxyl groups excluding tert-OH is 1. The molecule has 4 rings (SSSR count). The minimum Gasteiger partial charge on any atom is -0.378 e. The summed E-state index contributed by atoms with van der Waals surface area (Å²) >= 11 is 0. The summed E-state index contributed by atoms with van der Waals surface area (Å²) in [5.41, 5.74) is 1.19. The van der Waals surface area contributed by atoms with Gasteiger partial charge in [0.15, 0.2) is 11.9 Å². The summed E-state index contributed by atoms with van der Waals surface area (Å²) in [5, 5.41) is 15.9. The molecule has 2 aliphatic rings. The van der Waals surface area contributed by atoms with Crippen molar-refractivity contribution in [3.8, 4) is 0 Å². The molecule has 5 atom stereocenters. The van der Waals surface area contributed by atoms with E-state index in [1.165, 1.54) is 4.90 Å². The smallest absolute Gasteiger partial charge is 0.378 e. The van der Waals surface area contributed by atoms with Crippen LogP contribution in [0, 0.1) is 5.92 Å². The van der Waals surface area contributed by atoms with Gasteiger partial charge in [-0.2, -0.15) is 0 Å². The molecule has 0 unspecified atom stereocenters. The van der Waals surface area contributed by atoms with Crippen LogP contribution in [-0.2, 0) is 23.9 Å². The van der Waals surface area contributed by atoms with Gasteiger partial charge in [0.25, 0.3) is 5.91 Å². The van der Waals surface area contributed by atoms with Crippen molar-refractivity contribution < 1.29 is 42.2 Å². The van der Waals surface area contributed by atoms with Crippen molar-refractivity contribution in [2.45, 2.75) is 49.7 Å². The van der Waals surface area contributed by atoms with Gasteiger partial charge in [-0.3, -0.25) is 23.9 Å². The minimum absolute atomic E-state index is 0.103. The van der Waals surface area contributed by atoms with E-state index in [2.05, 4.69) is 15.4 Å². The second kappa shape index (κ2) is 12.6. The topological polar surface area (TPSA) is 125 Å². The molecule has 9 nitrogen and oxygen atoms in total. The van der Waals surface area contributed by atoms with Gasteiger partial charge in [-0.15, -0.1) is 13.2 Å². The number of nitrogens with one attached hydrogen (secondary N) is 2. The summed E-state index contributed by atoms with van der Waals surface area (Å²) in [6.07, 6.45) is -6.31. The molecule has 12 heteroatoms. The van der Waals surface area contributed by atoms with Gasteiger partial charge in [0.05, 0.1) is 6.04 Å². The zero-order chi connectivity index (χ0) is 28.9. The van der Waals surface area contributed by atoms with Crippen LogP contribution in [0.5, 0.6) is 0 Å². The van der Waals surface area contributed by atoms with Crippen LogP contribution in [-0.4, -0.2) is 71.7 Å². The van der Waals surface area contributed by atoms with E-state index in [1.54, 1.807) is 30.3 Å². The van der Waals surface area contributed by atoms with Gasteiger partial charge < -0.3 is 20.6 Å².